The number of esters is 1. The van der Waals surface area contributed by atoms with Gasteiger partial charge in [-0.15, -0.1) is 0 Å². The van der Waals surface area contributed by atoms with Gasteiger partial charge in [0.15, 0.2) is 0 Å². The number of pyridine rings is 1. The van der Waals surface area contributed by atoms with Crippen LogP contribution in [0.25, 0.3) is 22.4 Å². The highest BCUT2D eigenvalue weighted by Crippen LogP contribution is 2.28. The molecule has 0 aliphatic heterocycles. The van der Waals surface area contributed by atoms with Gasteiger partial charge in [0, 0.05) is 11.6 Å². The predicted octanol–water partition coefficient (Wildman–Crippen LogP) is 4.52. The van der Waals surface area contributed by atoms with E-state index in [0.29, 0.717) is 22.8 Å². The highest BCUT2D eigenvalue weighted by Gasteiger charge is 2.22. The molecule has 2 heterocycles. The maximum Gasteiger partial charge on any atom is 0.340 e. The maximum absolute atomic E-state index is 14.3. The van der Waals surface area contributed by atoms with Crippen molar-refractivity contribution in [2.24, 2.45) is 0 Å². The van der Waals surface area contributed by atoms with Gasteiger partial charge in [0.2, 0.25) is 0 Å². The van der Waals surface area contributed by atoms with Crippen LogP contribution in [0, 0.1) is 18.6 Å². The minimum absolute atomic E-state index is 0.131. The molecule has 0 aliphatic rings. The predicted molar refractivity (Wildman–Crippen MR) is 108 cm³/mol. The van der Waals surface area contributed by atoms with Crippen molar-refractivity contribution in [2.45, 2.75) is 6.92 Å². The number of hydrogen-bond donors (Lipinski definition) is 1. The summed E-state index contributed by atoms with van der Waals surface area (Å²) in [5.41, 5.74) is 0.974. The average molecular weight is 423 g/mol. The number of hydrogen-bond acceptors (Lipinski definition) is 6. The van der Waals surface area contributed by atoms with Crippen molar-refractivity contribution in [3.8, 4) is 11.3 Å². The van der Waals surface area contributed by atoms with Crippen LogP contribution in [0.1, 0.15) is 26.4 Å². The summed E-state index contributed by atoms with van der Waals surface area (Å²) in [5, 5.41) is 6.59. The summed E-state index contributed by atoms with van der Waals surface area (Å²) < 4.78 is 37.9. The van der Waals surface area contributed by atoms with E-state index in [-0.39, 0.29) is 17.0 Å². The van der Waals surface area contributed by atoms with Crippen molar-refractivity contribution in [3.05, 3.63) is 77.0 Å². The fraction of sp³-hybridized carbons (Fsp3) is 0.0909. The van der Waals surface area contributed by atoms with Crippen LogP contribution < -0.4 is 5.32 Å². The van der Waals surface area contributed by atoms with Crippen molar-refractivity contribution >= 4 is 28.7 Å². The number of carbonyl (C=O) groups is 2. The van der Waals surface area contributed by atoms with Crippen LogP contribution in [0.4, 0.5) is 14.5 Å². The molecule has 0 bridgehead atoms. The fourth-order valence-corrected chi connectivity index (χ4v) is 3.13. The Bertz CT molecular complexity index is 1320. The number of benzene rings is 2. The molecule has 1 N–H and O–H groups in total. The first-order valence-corrected chi connectivity index (χ1v) is 9.10. The molecule has 0 fully saturated rings. The van der Waals surface area contributed by atoms with E-state index in [4.69, 9.17) is 4.52 Å². The molecule has 0 saturated heterocycles. The lowest BCUT2D eigenvalue weighted by molar-refractivity contribution is 0.0595. The molecule has 0 saturated carbocycles. The van der Waals surface area contributed by atoms with Gasteiger partial charge in [-0.25, -0.2) is 18.6 Å². The third kappa shape index (κ3) is 3.73. The minimum Gasteiger partial charge on any atom is -0.465 e. The molecule has 0 radical (unpaired) electrons. The number of methoxy groups -OCH3 is 1. The molecule has 156 valence electrons. The zero-order valence-corrected chi connectivity index (χ0v) is 16.4. The fourth-order valence-electron chi connectivity index (χ4n) is 3.13. The van der Waals surface area contributed by atoms with Gasteiger partial charge in [-0.05, 0) is 19.1 Å². The third-order valence-electron chi connectivity index (χ3n) is 4.64. The molecule has 4 rings (SSSR count). The first-order chi connectivity index (χ1) is 14.9. The van der Waals surface area contributed by atoms with E-state index in [9.17, 15) is 18.4 Å². The van der Waals surface area contributed by atoms with Gasteiger partial charge in [-0.3, -0.25) is 4.79 Å². The van der Waals surface area contributed by atoms with Crippen LogP contribution in [0.2, 0.25) is 0 Å². The minimum atomic E-state index is -1.10. The summed E-state index contributed by atoms with van der Waals surface area (Å²) in [4.78, 5) is 29.2. The number of rotatable bonds is 4. The summed E-state index contributed by atoms with van der Waals surface area (Å²) in [6.45, 7) is 1.64. The third-order valence-corrected chi connectivity index (χ3v) is 4.64. The molecule has 9 heteroatoms. The molecular formula is C22H15F2N3O4. The summed E-state index contributed by atoms with van der Waals surface area (Å²) in [6, 6.07) is 12.0. The Morgan fingerprint density at radius 1 is 1.03 bits per heavy atom. The van der Waals surface area contributed by atoms with Crippen LogP contribution in [-0.4, -0.2) is 29.1 Å². The van der Waals surface area contributed by atoms with Crippen LogP contribution >= 0.6 is 0 Å². The number of amides is 1. The van der Waals surface area contributed by atoms with E-state index < -0.39 is 29.1 Å². The highest BCUT2D eigenvalue weighted by molar-refractivity contribution is 6.13. The second-order valence-corrected chi connectivity index (χ2v) is 6.63. The molecule has 0 atom stereocenters. The number of anilines is 1. The van der Waals surface area contributed by atoms with E-state index in [0.717, 1.165) is 18.7 Å². The summed E-state index contributed by atoms with van der Waals surface area (Å²) in [5.74, 6) is -3.86. The molecule has 2 aromatic heterocycles. The first-order valence-electron chi connectivity index (χ1n) is 9.10. The summed E-state index contributed by atoms with van der Waals surface area (Å²) in [6.07, 6.45) is 0. The molecular weight excluding hydrogens is 408 g/mol. The zero-order valence-electron chi connectivity index (χ0n) is 16.4. The monoisotopic (exact) mass is 423 g/mol. The molecule has 7 nitrogen and oxygen atoms in total. The number of nitrogens with zero attached hydrogens (tertiary/aromatic N) is 2. The molecule has 1 amide bonds. The topological polar surface area (TPSA) is 94.3 Å². The van der Waals surface area contributed by atoms with E-state index in [1.807, 2.05) is 18.2 Å². The molecule has 2 aromatic carbocycles. The van der Waals surface area contributed by atoms with Crippen LogP contribution in [0.3, 0.4) is 0 Å². The average Bonchev–Trinajstić information content (AvgIpc) is 3.15. The van der Waals surface area contributed by atoms with Crippen molar-refractivity contribution in [2.75, 3.05) is 12.4 Å². The Hall–Kier alpha value is -4.14. The van der Waals surface area contributed by atoms with Crippen molar-refractivity contribution in [3.63, 3.8) is 0 Å². The largest absolute Gasteiger partial charge is 0.465 e. The Kier molecular flexibility index (Phi) is 5.16. The van der Waals surface area contributed by atoms with E-state index in [1.165, 1.54) is 6.07 Å². The second-order valence-electron chi connectivity index (χ2n) is 6.63. The number of aryl methyl sites for hydroxylation is 1. The number of nitrogens with one attached hydrogen (secondary N) is 1. The van der Waals surface area contributed by atoms with Crippen LogP contribution in [0.5, 0.6) is 0 Å². The normalized spacial score (nSPS) is 10.8. The summed E-state index contributed by atoms with van der Waals surface area (Å²) in [7, 11) is 1.07. The Balaban J connectivity index is 1.80. The standard InChI is InChI=1S/C22H15F2N3O4/c1-11-19-14(9-17(26-21(19)31-27-11)12-6-4-3-5-7-12)20(28)25-18-8-13(22(29)30-2)15(23)10-16(18)24/h3-10H,1-2H3,(H,25,28). The first kappa shape index (κ1) is 20.1. The number of aromatic nitrogens is 2. The molecule has 0 aliphatic carbocycles. The van der Waals surface area contributed by atoms with Gasteiger partial charge in [0.05, 0.1) is 40.7 Å². The molecule has 0 spiro atoms. The molecule has 31 heavy (non-hydrogen) atoms. The molecule has 0 unspecified atom stereocenters. The Morgan fingerprint density at radius 3 is 2.48 bits per heavy atom. The number of ether oxygens (including phenoxy) is 1. The van der Waals surface area contributed by atoms with Gasteiger partial charge in [-0.2, -0.15) is 0 Å². The Labute approximate surface area is 174 Å². The smallest absolute Gasteiger partial charge is 0.340 e. The number of fused-ring (bicyclic) bond motifs is 1. The zero-order chi connectivity index (χ0) is 22.1. The quantitative estimate of drug-likeness (QED) is 0.485. The number of carbonyl (C=O) groups excluding carboxylic acids is 2. The van der Waals surface area contributed by atoms with Crippen LogP contribution in [0.15, 0.2) is 53.1 Å². The Morgan fingerprint density at radius 2 is 1.77 bits per heavy atom. The van der Waals surface area contributed by atoms with Crippen molar-refractivity contribution in [1.82, 2.24) is 10.1 Å². The highest BCUT2D eigenvalue weighted by atomic mass is 19.1. The van der Waals surface area contributed by atoms with Gasteiger partial charge in [0.25, 0.3) is 11.6 Å². The van der Waals surface area contributed by atoms with Gasteiger partial charge >= 0.3 is 5.97 Å². The molecule has 4 aromatic rings. The summed E-state index contributed by atoms with van der Waals surface area (Å²) >= 11 is 0. The van der Waals surface area contributed by atoms with Gasteiger partial charge < -0.3 is 14.6 Å². The lowest BCUT2D eigenvalue weighted by Crippen LogP contribution is -2.16. The lowest BCUT2D eigenvalue weighted by atomic mass is 10.0. The van der Waals surface area contributed by atoms with E-state index in [2.05, 4.69) is 20.2 Å². The SMILES string of the molecule is COC(=O)c1cc(NC(=O)c2cc(-c3ccccc3)nc3onc(C)c23)c(F)cc1F. The van der Waals surface area contributed by atoms with E-state index >= 15 is 0 Å². The van der Waals surface area contributed by atoms with Crippen molar-refractivity contribution in [1.29, 1.82) is 0 Å². The maximum atomic E-state index is 14.3. The van der Waals surface area contributed by atoms with Gasteiger partial charge in [0.1, 0.15) is 11.6 Å². The second kappa shape index (κ2) is 7.94. The number of halogens is 2. The van der Waals surface area contributed by atoms with E-state index in [1.54, 1.807) is 19.1 Å². The van der Waals surface area contributed by atoms with Crippen molar-refractivity contribution < 1.29 is 27.6 Å². The van der Waals surface area contributed by atoms with Crippen LogP contribution in [-0.2, 0) is 4.74 Å². The lowest BCUT2D eigenvalue weighted by Gasteiger charge is -2.11. The van der Waals surface area contributed by atoms with Gasteiger partial charge in [-0.1, -0.05) is 35.5 Å².